The molecule has 18 heavy (non-hydrogen) atoms. The first kappa shape index (κ1) is 14.1. The van der Waals surface area contributed by atoms with Gasteiger partial charge in [0.2, 0.25) is 5.91 Å². The molecule has 8 nitrogen and oxygen atoms in total. The first-order chi connectivity index (χ1) is 8.36. The molecule has 0 saturated heterocycles. The fourth-order valence-corrected chi connectivity index (χ4v) is 1.15. The van der Waals surface area contributed by atoms with Crippen LogP contribution in [0.4, 0.5) is 0 Å². The first-order valence-electron chi connectivity index (χ1n) is 5.57. The van der Waals surface area contributed by atoms with Crippen LogP contribution in [0.1, 0.15) is 30.8 Å². The van der Waals surface area contributed by atoms with Gasteiger partial charge >= 0.3 is 5.97 Å². The van der Waals surface area contributed by atoms with Gasteiger partial charge in [0, 0.05) is 6.54 Å². The zero-order valence-corrected chi connectivity index (χ0v) is 10.4. The summed E-state index contributed by atoms with van der Waals surface area (Å²) in [6.45, 7) is 4.14. The summed E-state index contributed by atoms with van der Waals surface area (Å²) in [6, 6.07) is 0. The highest BCUT2D eigenvalue weighted by Gasteiger charge is 2.25. The van der Waals surface area contributed by atoms with Crippen LogP contribution in [0.5, 0.6) is 0 Å². The van der Waals surface area contributed by atoms with Gasteiger partial charge in [0.15, 0.2) is 5.69 Å². The molecule has 0 aliphatic rings. The largest absolute Gasteiger partial charge is 0.476 e. The number of hydrogen-bond acceptors (Lipinski definition) is 5. The summed E-state index contributed by atoms with van der Waals surface area (Å²) in [4.78, 5) is 22.2. The van der Waals surface area contributed by atoms with E-state index in [2.05, 4.69) is 15.6 Å². The molecule has 1 heterocycles. The predicted molar refractivity (Wildman–Crippen MR) is 62.9 cm³/mol. The summed E-state index contributed by atoms with van der Waals surface area (Å²) in [5.74, 6) is -1.38. The lowest BCUT2D eigenvalue weighted by Crippen LogP contribution is -2.51. The van der Waals surface area contributed by atoms with Gasteiger partial charge in [-0.05, 0) is 13.3 Å². The van der Waals surface area contributed by atoms with Crippen molar-refractivity contribution in [2.45, 2.75) is 32.4 Å². The number of carboxylic acid groups (broad SMARTS) is 1. The maximum Gasteiger partial charge on any atom is 0.358 e. The number of amides is 1. The molecule has 1 aromatic rings. The maximum atomic E-state index is 11.6. The summed E-state index contributed by atoms with van der Waals surface area (Å²) in [7, 11) is 0. The second-order valence-corrected chi connectivity index (χ2v) is 4.20. The number of nitrogens with one attached hydrogen (secondary N) is 1. The summed E-state index contributed by atoms with van der Waals surface area (Å²) in [5, 5.41) is 18.4. The van der Waals surface area contributed by atoms with Gasteiger partial charge in [-0.15, -0.1) is 5.10 Å². The Labute approximate surface area is 104 Å². The van der Waals surface area contributed by atoms with E-state index in [0.717, 1.165) is 0 Å². The molecule has 1 aromatic heterocycles. The van der Waals surface area contributed by atoms with Crippen molar-refractivity contribution in [2.75, 3.05) is 6.54 Å². The quantitative estimate of drug-likeness (QED) is 0.612. The van der Waals surface area contributed by atoms with Crippen LogP contribution in [0.25, 0.3) is 0 Å². The molecule has 0 radical (unpaired) electrons. The molecule has 0 spiro atoms. The fourth-order valence-electron chi connectivity index (χ4n) is 1.15. The van der Waals surface area contributed by atoms with E-state index in [4.69, 9.17) is 10.8 Å². The zero-order valence-electron chi connectivity index (χ0n) is 10.4. The molecule has 0 bridgehead atoms. The summed E-state index contributed by atoms with van der Waals surface area (Å²) in [5.41, 5.74) is 4.74. The lowest BCUT2D eigenvalue weighted by atomic mass is 10.00. The number of nitrogens with two attached hydrogens (primary N) is 1. The van der Waals surface area contributed by atoms with Crippen molar-refractivity contribution >= 4 is 11.9 Å². The average Bonchev–Trinajstić information content (AvgIpc) is 2.77. The number of nitrogens with zero attached hydrogens (tertiary/aromatic N) is 3. The van der Waals surface area contributed by atoms with Gasteiger partial charge in [-0.2, -0.15) is 0 Å². The van der Waals surface area contributed by atoms with Crippen LogP contribution in [0.3, 0.4) is 0 Å². The van der Waals surface area contributed by atoms with Crippen molar-refractivity contribution in [3.05, 3.63) is 11.9 Å². The molecular weight excluding hydrogens is 238 g/mol. The molecule has 8 heteroatoms. The Kier molecular flexibility index (Phi) is 4.38. The molecule has 1 atom stereocenters. The monoisotopic (exact) mass is 255 g/mol. The fraction of sp³-hybridized carbons (Fsp3) is 0.600. The van der Waals surface area contributed by atoms with Gasteiger partial charge in [-0.3, -0.25) is 4.79 Å². The Balaban J connectivity index is 2.42. The van der Waals surface area contributed by atoms with E-state index < -0.39 is 11.5 Å². The molecule has 1 unspecified atom stereocenters. The topological polar surface area (TPSA) is 123 Å². The van der Waals surface area contributed by atoms with Crippen molar-refractivity contribution in [1.29, 1.82) is 0 Å². The number of hydrogen-bond donors (Lipinski definition) is 3. The number of carbonyl (C=O) groups excluding carboxylic acids is 1. The minimum absolute atomic E-state index is 0.126. The van der Waals surface area contributed by atoms with E-state index in [1.807, 2.05) is 6.92 Å². The third-order valence-electron chi connectivity index (χ3n) is 2.64. The molecule has 0 aliphatic heterocycles. The predicted octanol–water partition coefficient (Wildman–Crippen LogP) is -0.780. The van der Waals surface area contributed by atoms with E-state index in [1.165, 1.54) is 10.9 Å². The Bertz CT molecular complexity index is 440. The molecule has 4 N–H and O–H groups in total. The molecule has 1 rings (SSSR count). The number of aromatic nitrogens is 3. The molecular formula is C10H17N5O3. The Morgan fingerprint density at radius 3 is 2.78 bits per heavy atom. The lowest BCUT2D eigenvalue weighted by Gasteiger charge is -2.21. The van der Waals surface area contributed by atoms with Crippen LogP contribution in [-0.2, 0) is 11.3 Å². The normalized spacial score (nSPS) is 13.9. The van der Waals surface area contributed by atoms with Crippen molar-refractivity contribution in [2.24, 2.45) is 5.73 Å². The molecule has 0 saturated carbocycles. The Hall–Kier alpha value is -1.96. The van der Waals surface area contributed by atoms with Crippen LogP contribution in [0.15, 0.2) is 6.20 Å². The lowest BCUT2D eigenvalue weighted by molar-refractivity contribution is -0.125. The average molecular weight is 255 g/mol. The second kappa shape index (κ2) is 5.58. The summed E-state index contributed by atoms with van der Waals surface area (Å²) < 4.78 is 1.35. The third kappa shape index (κ3) is 3.52. The van der Waals surface area contributed by atoms with Crippen molar-refractivity contribution in [3.8, 4) is 0 Å². The van der Waals surface area contributed by atoms with Crippen molar-refractivity contribution in [3.63, 3.8) is 0 Å². The van der Waals surface area contributed by atoms with Crippen LogP contribution in [-0.4, -0.2) is 44.1 Å². The Morgan fingerprint density at radius 2 is 2.28 bits per heavy atom. The van der Waals surface area contributed by atoms with E-state index in [0.29, 0.717) is 19.5 Å². The van der Waals surface area contributed by atoms with Crippen LogP contribution in [0, 0.1) is 0 Å². The summed E-state index contributed by atoms with van der Waals surface area (Å²) in [6.07, 6.45) is 1.83. The molecule has 0 aromatic carbocycles. The number of carboxylic acids is 1. The number of aromatic carboxylic acids is 1. The smallest absolute Gasteiger partial charge is 0.358 e. The van der Waals surface area contributed by atoms with Gasteiger partial charge in [-0.25, -0.2) is 9.48 Å². The summed E-state index contributed by atoms with van der Waals surface area (Å²) >= 11 is 0. The molecule has 1 amide bonds. The van der Waals surface area contributed by atoms with Gasteiger partial charge < -0.3 is 16.2 Å². The zero-order chi connectivity index (χ0) is 13.8. The first-order valence-corrected chi connectivity index (χ1v) is 5.57. The van der Waals surface area contributed by atoms with Crippen molar-refractivity contribution < 1.29 is 14.7 Å². The maximum absolute atomic E-state index is 11.6. The van der Waals surface area contributed by atoms with Crippen molar-refractivity contribution in [1.82, 2.24) is 20.3 Å². The minimum Gasteiger partial charge on any atom is -0.476 e. The van der Waals surface area contributed by atoms with Crippen LogP contribution >= 0.6 is 0 Å². The highest BCUT2D eigenvalue weighted by atomic mass is 16.4. The highest BCUT2D eigenvalue weighted by molar-refractivity contribution is 5.85. The van der Waals surface area contributed by atoms with E-state index in [1.54, 1.807) is 6.92 Å². The van der Waals surface area contributed by atoms with Gasteiger partial charge in [0.05, 0.1) is 18.3 Å². The highest BCUT2D eigenvalue weighted by Crippen LogP contribution is 2.03. The molecule has 0 aliphatic carbocycles. The van der Waals surface area contributed by atoms with Gasteiger partial charge in [0.1, 0.15) is 0 Å². The number of rotatable bonds is 6. The van der Waals surface area contributed by atoms with Gasteiger partial charge in [0.25, 0.3) is 0 Å². The second-order valence-electron chi connectivity index (χ2n) is 4.20. The van der Waals surface area contributed by atoms with Crippen LogP contribution < -0.4 is 11.1 Å². The minimum atomic E-state index is -1.13. The number of carbonyl (C=O) groups is 2. The third-order valence-corrected chi connectivity index (χ3v) is 2.64. The van der Waals surface area contributed by atoms with E-state index in [9.17, 15) is 9.59 Å². The van der Waals surface area contributed by atoms with E-state index in [-0.39, 0.29) is 11.6 Å². The standard InChI is InChI=1S/C10H17N5O3/c1-3-10(2,11)9(18)12-4-5-15-6-7(8(16)17)13-14-15/h6H,3-5,11H2,1-2H3,(H,12,18)(H,16,17). The molecule has 100 valence electrons. The van der Waals surface area contributed by atoms with Gasteiger partial charge in [-0.1, -0.05) is 12.1 Å². The Morgan fingerprint density at radius 1 is 1.61 bits per heavy atom. The SMILES string of the molecule is CCC(C)(N)C(=O)NCCn1cc(C(=O)O)nn1. The van der Waals surface area contributed by atoms with E-state index >= 15 is 0 Å². The van der Waals surface area contributed by atoms with Crippen LogP contribution in [0.2, 0.25) is 0 Å². The molecule has 0 fully saturated rings.